The van der Waals surface area contributed by atoms with Crippen LogP contribution in [0.3, 0.4) is 0 Å². The molecule has 18 heavy (non-hydrogen) atoms. The summed E-state index contributed by atoms with van der Waals surface area (Å²) in [5.41, 5.74) is 2.50. The van der Waals surface area contributed by atoms with E-state index in [0.717, 1.165) is 30.0 Å². The van der Waals surface area contributed by atoms with Gasteiger partial charge < -0.3 is 10.0 Å². The number of hydrogen-bond donors (Lipinski definition) is 1. The van der Waals surface area contributed by atoms with Gasteiger partial charge in [-0.1, -0.05) is 6.92 Å². The molecule has 2 heterocycles. The van der Waals surface area contributed by atoms with E-state index < -0.39 is 0 Å². The van der Waals surface area contributed by atoms with Crippen molar-refractivity contribution in [3.63, 3.8) is 0 Å². The third-order valence-corrected chi connectivity index (χ3v) is 3.78. The Kier molecular flexibility index (Phi) is 3.53. The molecule has 0 radical (unpaired) electrons. The van der Waals surface area contributed by atoms with Gasteiger partial charge in [0.25, 0.3) is 0 Å². The van der Waals surface area contributed by atoms with Crippen molar-refractivity contribution < 1.29 is 5.11 Å². The molecule has 1 aromatic heterocycles. The highest BCUT2D eigenvalue weighted by molar-refractivity contribution is 5.59. The van der Waals surface area contributed by atoms with Gasteiger partial charge in [-0.15, -0.1) is 0 Å². The van der Waals surface area contributed by atoms with E-state index in [1.165, 1.54) is 0 Å². The van der Waals surface area contributed by atoms with E-state index in [-0.39, 0.29) is 12.6 Å². The molecule has 2 atom stereocenters. The number of rotatable bonds is 2. The van der Waals surface area contributed by atoms with Crippen LogP contribution in [0, 0.1) is 31.1 Å². The SMILES string of the molecule is Cc1cc(C)c(C#N)c(N2CCC(C)C2CO)n1. The number of anilines is 1. The maximum absolute atomic E-state index is 9.52. The van der Waals surface area contributed by atoms with Crippen molar-refractivity contribution in [2.24, 2.45) is 5.92 Å². The lowest BCUT2D eigenvalue weighted by Crippen LogP contribution is -2.36. The first-order valence-corrected chi connectivity index (χ1v) is 6.34. The molecule has 0 aromatic carbocycles. The number of aryl methyl sites for hydroxylation is 2. The molecule has 0 spiro atoms. The summed E-state index contributed by atoms with van der Waals surface area (Å²) in [6, 6.07) is 4.24. The Morgan fingerprint density at radius 3 is 2.89 bits per heavy atom. The van der Waals surface area contributed by atoms with Gasteiger partial charge in [0, 0.05) is 12.2 Å². The molecule has 0 bridgehead atoms. The third-order valence-electron chi connectivity index (χ3n) is 3.78. The van der Waals surface area contributed by atoms with Gasteiger partial charge >= 0.3 is 0 Å². The molecule has 0 saturated carbocycles. The van der Waals surface area contributed by atoms with Crippen LogP contribution in [0.15, 0.2) is 6.07 Å². The van der Waals surface area contributed by atoms with Crippen LogP contribution in [0.25, 0.3) is 0 Å². The molecule has 1 saturated heterocycles. The molecule has 4 heteroatoms. The van der Waals surface area contributed by atoms with E-state index in [4.69, 9.17) is 0 Å². The first-order valence-electron chi connectivity index (χ1n) is 6.34. The maximum atomic E-state index is 9.52. The van der Waals surface area contributed by atoms with Crippen LogP contribution in [-0.4, -0.2) is 29.3 Å². The largest absolute Gasteiger partial charge is 0.394 e. The summed E-state index contributed by atoms with van der Waals surface area (Å²) in [7, 11) is 0. The summed E-state index contributed by atoms with van der Waals surface area (Å²) in [5.74, 6) is 1.17. The number of nitriles is 1. The first-order chi connectivity index (χ1) is 8.58. The molecule has 0 aliphatic carbocycles. The highest BCUT2D eigenvalue weighted by atomic mass is 16.3. The lowest BCUT2D eigenvalue weighted by molar-refractivity contribution is 0.244. The molecule has 96 valence electrons. The summed E-state index contributed by atoms with van der Waals surface area (Å²) < 4.78 is 0. The van der Waals surface area contributed by atoms with Crippen LogP contribution in [0.4, 0.5) is 5.82 Å². The van der Waals surface area contributed by atoms with Crippen molar-refractivity contribution >= 4 is 5.82 Å². The van der Waals surface area contributed by atoms with Crippen LogP contribution in [0.5, 0.6) is 0 Å². The average Bonchev–Trinajstić information content (AvgIpc) is 2.69. The van der Waals surface area contributed by atoms with E-state index in [1.54, 1.807) is 0 Å². The van der Waals surface area contributed by atoms with Gasteiger partial charge in [0.15, 0.2) is 0 Å². The average molecular weight is 245 g/mol. The zero-order valence-electron chi connectivity index (χ0n) is 11.1. The van der Waals surface area contributed by atoms with E-state index in [1.807, 2.05) is 19.9 Å². The fourth-order valence-electron chi connectivity index (χ4n) is 2.71. The zero-order chi connectivity index (χ0) is 13.3. The van der Waals surface area contributed by atoms with Crippen molar-refractivity contribution in [3.8, 4) is 6.07 Å². The molecule has 1 fully saturated rings. The fourth-order valence-corrected chi connectivity index (χ4v) is 2.71. The normalized spacial score (nSPS) is 23.2. The standard InChI is InChI=1S/C14H19N3O/c1-9-4-5-17(13(9)8-18)14-12(7-15)10(2)6-11(3)16-14/h6,9,13,18H,4-5,8H2,1-3H3. The lowest BCUT2D eigenvalue weighted by atomic mass is 10.0. The van der Waals surface area contributed by atoms with Crippen LogP contribution in [0.2, 0.25) is 0 Å². The Morgan fingerprint density at radius 1 is 1.56 bits per heavy atom. The smallest absolute Gasteiger partial charge is 0.147 e. The van der Waals surface area contributed by atoms with Gasteiger partial charge in [-0.2, -0.15) is 5.26 Å². The lowest BCUT2D eigenvalue weighted by Gasteiger charge is -2.27. The number of nitrogens with zero attached hydrogens (tertiary/aromatic N) is 3. The molecule has 4 nitrogen and oxygen atoms in total. The second-order valence-electron chi connectivity index (χ2n) is 5.10. The second-order valence-corrected chi connectivity index (χ2v) is 5.10. The predicted molar refractivity (Wildman–Crippen MR) is 70.4 cm³/mol. The minimum atomic E-state index is 0.0748. The number of aromatic nitrogens is 1. The summed E-state index contributed by atoms with van der Waals surface area (Å²) in [5, 5.41) is 18.8. The van der Waals surface area contributed by atoms with Gasteiger partial charge in [0.2, 0.25) is 0 Å². The summed E-state index contributed by atoms with van der Waals surface area (Å²) in [6.07, 6.45) is 1.03. The van der Waals surface area contributed by atoms with Crippen LogP contribution in [-0.2, 0) is 0 Å². The highest BCUT2D eigenvalue weighted by Crippen LogP contribution is 2.31. The summed E-state index contributed by atoms with van der Waals surface area (Å²) in [6.45, 7) is 6.97. The van der Waals surface area contributed by atoms with Crippen molar-refractivity contribution in [1.82, 2.24) is 4.98 Å². The Labute approximate surface area is 108 Å². The molecule has 1 aliphatic heterocycles. The van der Waals surface area contributed by atoms with Crippen LogP contribution < -0.4 is 4.90 Å². The quantitative estimate of drug-likeness (QED) is 0.862. The number of aliphatic hydroxyl groups is 1. The van der Waals surface area contributed by atoms with E-state index in [2.05, 4.69) is 22.9 Å². The molecule has 1 N–H and O–H groups in total. The Bertz CT molecular complexity index is 493. The molecule has 2 rings (SSSR count). The Balaban J connectivity index is 2.48. The summed E-state index contributed by atoms with van der Waals surface area (Å²) >= 11 is 0. The second kappa shape index (κ2) is 4.95. The van der Waals surface area contributed by atoms with Gasteiger partial charge in [0.1, 0.15) is 11.9 Å². The number of pyridine rings is 1. The minimum absolute atomic E-state index is 0.0748. The monoisotopic (exact) mass is 245 g/mol. The predicted octanol–water partition coefficient (Wildman–Crippen LogP) is 1.78. The first kappa shape index (κ1) is 12.8. The third kappa shape index (κ3) is 2.06. The molecular formula is C14H19N3O. The van der Waals surface area contributed by atoms with Crippen molar-refractivity contribution in [2.45, 2.75) is 33.2 Å². The molecule has 2 unspecified atom stereocenters. The van der Waals surface area contributed by atoms with Crippen molar-refractivity contribution in [2.75, 3.05) is 18.1 Å². The van der Waals surface area contributed by atoms with E-state index >= 15 is 0 Å². The van der Waals surface area contributed by atoms with Gasteiger partial charge in [-0.05, 0) is 37.8 Å². The fraction of sp³-hybridized carbons (Fsp3) is 0.571. The topological polar surface area (TPSA) is 60.2 Å². The zero-order valence-corrected chi connectivity index (χ0v) is 11.1. The van der Waals surface area contributed by atoms with Crippen molar-refractivity contribution in [1.29, 1.82) is 5.26 Å². The molecule has 0 amide bonds. The summed E-state index contributed by atoms with van der Waals surface area (Å²) in [4.78, 5) is 6.60. The van der Waals surface area contributed by atoms with Gasteiger partial charge in [-0.3, -0.25) is 0 Å². The minimum Gasteiger partial charge on any atom is -0.394 e. The number of hydrogen-bond acceptors (Lipinski definition) is 4. The molecular weight excluding hydrogens is 226 g/mol. The highest BCUT2D eigenvalue weighted by Gasteiger charge is 2.33. The molecule has 1 aromatic rings. The molecule has 1 aliphatic rings. The maximum Gasteiger partial charge on any atom is 0.147 e. The number of aliphatic hydroxyl groups excluding tert-OH is 1. The van der Waals surface area contributed by atoms with E-state index in [0.29, 0.717) is 11.5 Å². The van der Waals surface area contributed by atoms with Crippen LogP contribution in [0.1, 0.15) is 30.2 Å². The van der Waals surface area contributed by atoms with Crippen molar-refractivity contribution in [3.05, 3.63) is 22.9 Å². The van der Waals surface area contributed by atoms with E-state index in [9.17, 15) is 10.4 Å². The Hall–Kier alpha value is -1.60. The Morgan fingerprint density at radius 2 is 2.28 bits per heavy atom. The van der Waals surface area contributed by atoms with Gasteiger partial charge in [-0.25, -0.2) is 4.98 Å². The van der Waals surface area contributed by atoms with Gasteiger partial charge in [0.05, 0.1) is 18.2 Å². The van der Waals surface area contributed by atoms with Crippen LogP contribution >= 0.6 is 0 Å².